The first-order chi connectivity index (χ1) is 10.2. The zero-order valence-corrected chi connectivity index (χ0v) is 13.8. The molecule has 5 heteroatoms. The van der Waals surface area contributed by atoms with E-state index in [1.165, 1.54) is 0 Å². The van der Waals surface area contributed by atoms with Crippen LogP contribution in [0, 0.1) is 0 Å². The second-order valence-corrected chi connectivity index (χ2v) is 5.43. The van der Waals surface area contributed by atoms with E-state index in [9.17, 15) is 0 Å². The zero-order valence-electron chi connectivity index (χ0n) is 11.5. The number of rotatable bonds is 6. The van der Waals surface area contributed by atoms with Crippen LogP contribution in [0.5, 0.6) is 11.5 Å². The lowest BCUT2D eigenvalue weighted by atomic mass is 10.2. The standard InChI is InChI=1S/C16H15Cl3O2/c1-2-20-15-5-3-4-12(9-17)16(15)21-10-11-6-7-13(18)14(19)8-11/h3-8H,2,9-10H2,1H3. The molecule has 0 aromatic heterocycles. The Morgan fingerprint density at radius 3 is 2.48 bits per heavy atom. The highest BCUT2D eigenvalue weighted by molar-refractivity contribution is 6.42. The van der Waals surface area contributed by atoms with Crippen LogP contribution in [-0.2, 0) is 12.5 Å². The Hall–Kier alpha value is -1.09. The van der Waals surface area contributed by atoms with Gasteiger partial charge in [-0.25, -0.2) is 0 Å². The van der Waals surface area contributed by atoms with Gasteiger partial charge in [0.25, 0.3) is 0 Å². The molecule has 0 aliphatic rings. The van der Waals surface area contributed by atoms with Crippen molar-refractivity contribution in [1.82, 2.24) is 0 Å². The molecule has 0 spiro atoms. The van der Waals surface area contributed by atoms with Gasteiger partial charge in [-0.1, -0.05) is 41.4 Å². The molecule has 0 fully saturated rings. The van der Waals surface area contributed by atoms with Gasteiger partial charge < -0.3 is 9.47 Å². The first-order valence-electron chi connectivity index (χ1n) is 6.53. The van der Waals surface area contributed by atoms with Crippen molar-refractivity contribution >= 4 is 34.8 Å². The van der Waals surface area contributed by atoms with Gasteiger partial charge in [-0.05, 0) is 30.7 Å². The molecule has 2 nitrogen and oxygen atoms in total. The lowest BCUT2D eigenvalue weighted by Gasteiger charge is -2.15. The second kappa shape index (κ2) is 7.79. The fraction of sp³-hybridized carbons (Fsp3) is 0.250. The van der Waals surface area contributed by atoms with E-state index in [1.807, 2.05) is 31.2 Å². The Bertz CT molecular complexity index is 614. The van der Waals surface area contributed by atoms with E-state index in [0.717, 1.165) is 11.1 Å². The van der Waals surface area contributed by atoms with Gasteiger partial charge in [0, 0.05) is 5.56 Å². The van der Waals surface area contributed by atoms with Crippen LogP contribution in [0.2, 0.25) is 10.0 Å². The van der Waals surface area contributed by atoms with Crippen LogP contribution in [0.4, 0.5) is 0 Å². The predicted octanol–water partition coefficient (Wildman–Crippen LogP) is 5.71. The van der Waals surface area contributed by atoms with Gasteiger partial charge in [0.1, 0.15) is 6.61 Å². The largest absolute Gasteiger partial charge is 0.490 e. The fourth-order valence-corrected chi connectivity index (χ4v) is 2.42. The molecule has 0 radical (unpaired) electrons. The molecule has 2 aromatic rings. The molecule has 0 amide bonds. The number of halogens is 3. The van der Waals surface area contributed by atoms with Crippen LogP contribution in [0.25, 0.3) is 0 Å². The minimum Gasteiger partial charge on any atom is -0.490 e. The number of benzene rings is 2. The van der Waals surface area contributed by atoms with E-state index < -0.39 is 0 Å². The molecule has 112 valence electrons. The van der Waals surface area contributed by atoms with Crippen LogP contribution in [0.3, 0.4) is 0 Å². The van der Waals surface area contributed by atoms with Crippen LogP contribution in [0.15, 0.2) is 36.4 Å². The van der Waals surface area contributed by atoms with Gasteiger partial charge in [0.05, 0.1) is 22.5 Å². The smallest absolute Gasteiger partial charge is 0.166 e. The Morgan fingerprint density at radius 1 is 1.00 bits per heavy atom. The van der Waals surface area contributed by atoms with E-state index in [-0.39, 0.29) is 0 Å². The number of hydrogen-bond donors (Lipinski definition) is 0. The maximum absolute atomic E-state index is 6.00. The van der Waals surface area contributed by atoms with Gasteiger partial charge >= 0.3 is 0 Å². The van der Waals surface area contributed by atoms with E-state index in [1.54, 1.807) is 12.1 Å². The first-order valence-corrected chi connectivity index (χ1v) is 7.82. The highest BCUT2D eigenvalue weighted by Gasteiger charge is 2.11. The molecule has 0 heterocycles. The summed E-state index contributed by atoms with van der Waals surface area (Å²) in [4.78, 5) is 0. The maximum atomic E-state index is 6.00. The summed E-state index contributed by atoms with van der Waals surface area (Å²) in [6.07, 6.45) is 0. The highest BCUT2D eigenvalue weighted by Crippen LogP contribution is 2.33. The molecular formula is C16H15Cl3O2. The summed E-state index contributed by atoms with van der Waals surface area (Å²) >= 11 is 17.9. The lowest BCUT2D eigenvalue weighted by Crippen LogP contribution is -2.02. The van der Waals surface area contributed by atoms with E-state index in [2.05, 4.69) is 0 Å². The van der Waals surface area contributed by atoms with Gasteiger partial charge in [-0.3, -0.25) is 0 Å². The lowest BCUT2D eigenvalue weighted by molar-refractivity contribution is 0.267. The molecular weight excluding hydrogens is 331 g/mol. The third-order valence-electron chi connectivity index (χ3n) is 2.87. The van der Waals surface area contributed by atoms with Crippen molar-refractivity contribution in [3.05, 3.63) is 57.6 Å². The third-order valence-corrected chi connectivity index (χ3v) is 3.90. The van der Waals surface area contributed by atoms with Crippen molar-refractivity contribution in [1.29, 1.82) is 0 Å². The topological polar surface area (TPSA) is 18.5 Å². The van der Waals surface area contributed by atoms with Crippen LogP contribution in [0.1, 0.15) is 18.1 Å². The van der Waals surface area contributed by atoms with E-state index in [4.69, 9.17) is 44.3 Å². The molecule has 0 unspecified atom stereocenters. The molecule has 2 aromatic carbocycles. The van der Waals surface area contributed by atoms with Crippen molar-refractivity contribution in [3.8, 4) is 11.5 Å². The van der Waals surface area contributed by atoms with Crippen LogP contribution < -0.4 is 9.47 Å². The molecule has 0 aliphatic heterocycles. The molecule has 0 N–H and O–H groups in total. The van der Waals surface area contributed by atoms with Crippen molar-refractivity contribution in [2.24, 2.45) is 0 Å². The minimum atomic E-state index is 0.359. The molecule has 21 heavy (non-hydrogen) atoms. The molecule has 0 aliphatic carbocycles. The summed E-state index contributed by atoms with van der Waals surface area (Å²) in [5.41, 5.74) is 1.82. The Morgan fingerprint density at radius 2 is 1.81 bits per heavy atom. The monoisotopic (exact) mass is 344 g/mol. The van der Waals surface area contributed by atoms with Crippen molar-refractivity contribution < 1.29 is 9.47 Å². The van der Waals surface area contributed by atoms with Crippen LogP contribution in [-0.4, -0.2) is 6.61 Å². The third kappa shape index (κ3) is 4.19. The SMILES string of the molecule is CCOc1cccc(CCl)c1OCc1ccc(Cl)c(Cl)c1. The van der Waals surface area contributed by atoms with Crippen LogP contribution >= 0.6 is 34.8 Å². The molecule has 2 rings (SSSR count). The summed E-state index contributed by atoms with van der Waals surface area (Å²) in [5.74, 6) is 1.72. The van der Waals surface area contributed by atoms with E-state index >= 15 is 0 Å². The predicted molar refractivity (Wildman–Crippen MR) is 88.0 cm³/mol. The van der Waals surface area contributed by atoms with Crippen molar-refractivity contribution in [3.63, 3.8) is 0 Å². The van der Waals surface area contributed by atoms with Gasteiger partial charge in [-0.2, -0.15) is 0 Å². The molecule has 0 bridgehead atoms. The van der Waals surface area contributed by atoms with Gasteiger partial charge in [0.2, 0.25) is 0 Å². The normalized spacial score (nSPS) is 10.5. The number of ether oxygens (including phenoxy) is 2. The average molecular weight is 346 g/mol. The summed E-state index contributed by atoms with van der Waals surface area (Å²) in [7, 11) is 0. The Labute approximate surface area is 139 Å². The quantitative estimate of drug-likeness (QED) is 0.624. The highest BCUT2D eigenvalue weighted by atomic mass is 35.5. The summed E-state index contributed by atoms with van der Waals surface area (Å²) in [6.45, 7) is 2.86. The summed E-state index contributed by atoms with van der Waals surface area (Å²) < 4.78 is 11.5. The maximum Gasteiger partial charge on any atom is 0.166 e. The summed E-state index contributed by atoms with van der Waals surface area (Å²) in [6, 6.07) is 11.1. The van der Waals surface area contributed by atoms with Gasteiger partial charge in [0.15, 0.2) is 11.5 Å². The van der Waals surface area contributed by atoms with Gasteiger partial charge in [-0.15, -0.1) is 11.6 Å². The Kier molecular flexibility index (Phi) is 6.04. The zero-order chi connectivity index (χ0) is 15.2. The molecule has 0 saturated carbocycles. The number of para-hydroxylation sites is 1. The second-order valence-electron chi connectivity index (χ2n) is 4.35. The average Bonchev–Trinajstić information content (AvgIpc) is 2.49. The number of hydrogen-bond acceptors (Lipinski definition) is 2. The molecule has 0 atom stereocenters. The summed E-state index contributed by atoms with van der Waals surface area (Å²) in [5, 5.41) is 1.03. The fourth-order valence-electron chi connectivity index (χ4n) is 1.88. The number of alkyl halides is 1. The Balaban J connectivity index is 2.20. The minimum absolute atomic E-state index is 0.359. The first kappa shape index (κ1) is 16.3. The van der Waals surface area contributed by atoms with Crippen molar-refractivity contribution in [2.45, 2.75) is 19.4 Å². The van der Waals surface area contributed by atoms with Crippen molar-refractivity contribution in [2.75, 3.05) is 6.61 Å². The van der Waals surface area contributed by atoms with E-state index in [0.29, 0.717) is 40.6 Å². The molecule has 0 saturated heterocycles.